The van der Waals surface area contributed by atoms with Gasteiger partial charge in [-0.2, -0.15) is 0 Å². The van der Waals surface area contributed by atoms with Gasteiger partial charge in [-0.3, -0.25) is 0 Å². The molecule has 2 aromatic carbocycles. The van der Waals surface area contributed by atoms with E-state index in [1.54, 1.807) is 11.3 Å². The first-order valence-electron chi connectivity index (χ1n) is 5.61. The van der Waals surface area contributed by atoms with Crippen molar-refractivity contribution >= 4 is 37.4 Å². The summed E-state index contributed by atoms with van der Waals surface area (Å²) in [5.74, 6) is -0.200. The molecule has 0 aliphatic rings. The lowest BCUT2D eigenvalue weighted by Crippen LogP contribution is -1.91. The predicted octanol–water partition coefficient (Wildman–Crippen LogP) is 5.52. The van der Waals surface area contributed by atoms with Crippen LogP contribution < -0.4 is 0 Å². The van der Waals surface area contributed by atoms with Crippen molar-refractivity contribution < 1.29 is 4.39 Å². The Morgan fingerprint density at radius 3 is 2.50 bits per heavy atom. The number of halogens is 2. The lowest BCUT2D eigenvalue weighted by atomic mass is 10.0. The Hall–Kier alpha value is -1.19. The van der Waals surface area contributed by atoms with Gasteiger partial charge in [0.15, 0.2) is 0 Å². The van der Waals surface area contributed by atoms with E-state index >= 15 is 0 Å². The highest BCUT2D eigenvalue weighted by atomic mass is 79.9. The predicted molar refractivity (Wildman–Crippen MR) is 79.0 cm³/mol. The second-order valence-electron chi connectivity index (χ2n) is 4.10. The molecule has 1 atom stereocenters. The summed E-state index contributed by atoms with van der Waals surface area (Å²) < 4.78 is 14.2. The summed E-state index contributed by atoms with van der Waals surface area (Å²) in [6, 6.07) is 15.0. The number of fused-ring (bicyclic) bond motifs is 1. The lowest BCUT2D eigenvalue weighted by Gasteiger charge is -2.09. The molecule has 0 radical (unpaired) electrons. The van der Waals surface area contributed by atoms with E-state index in [1.807, 2.05) is 24.3 Å². The summed E-state index contributed by atoms with van der Waals surface area (Å²) in [5.41, 5.74) is 2.31. The van der Waals surface area contributed by atoms with E-state index in [0.717, 1.165) is 5.56 Å². The number of hydrogen-bond donors (Lipinski definition) is 0. The van der Waals surface area contributed by atoms with Crippen LogP contribution in [0, 0.1) is 5.82 Å². The van der Waals surface area contributed by atoms with Gasteiger partial charge in [0.25, 0.3) is 0 Å². The van der Waals surface area contributed by atoms with Crippen LogP contribution in [0.1, 0.15) is 16.0 Å². The number of rotatable bonds is 2. The molecule has 0 nitrogen and oxygen atoms in total. The highest BCUT2D eigenvalue weighted by molar-refractivity contribution is 9.09. The van der Waals surface area contributed by atoms with E-state index < -0.39 is 0 Å². The van der Waals surface area contributed by atoms with Crippen molar-refractivity contribution in [2.24, 2.45) is 0 Å². The number of benzene rings is 2. The molecule has 0 saturated carbocycles. The van der Waals surface area contributed by atoms with E-state index in [9.17, 15) is 4.39 Å². The number of thiophene rings is 1. The van der Waals surface area contributed by atoms with Gasteiger partial charge in [-0.1, -0.05) is 46.3 Å². The monoisotopic (exact) mass is 320 g/mol. The third-order valence-electron chi connectivity index (χ3n) is 2.95. The highest BCUT2D eigenvalue weighted by Gasteiger charge is 2.14. The van der Waals surface area contributed by atoms with Gasteiger partial charge in [0.05, 0.1) is 4.83 Å². The molecular formula is C15H10BrFS. The second-order valence-corrected chi connectivity index (χ2v) is 5.93. The maximum Gasteiger partial charge on any atom is 0.123 e. The molecule has 1 unspecified atom stereocenters. The first kappa shape index (κ1) is 11.9. The Morgan fingerprint density at radius 1 is 1.00 bits per heavy atom. The molecule has 0 bridgehead atoms. The summed E-state index contributed by atoms with van der Waals surface area (Å²) in [6.07, 6.45) is 0. The molecule has 0 aliphatic carbocycles. The van der Waals surface area contributed by atoms with Crippen molar-refractivity contribution in [3.05, 3.63) is 70.9 Å². The lowest BCUT2D eigenvalue weighted by molar-refractivity contribution is 0.627. The van der Waals surface area contributed by atoms with Crippen LogP contribution in [0.15, 0.2) is 53.9 Å². The molecule has 0 spiro atoms. The minimum absolute atomic E-state index is 0.106. The quantitative estimate of drug-likeness (QED) is 0.545. The first-order valence-corrected chi connectivity index (χ1v) is 7.41. The standard InChI is InChI=1S/C15H10BrFS/c16-15(10-5-7-11(17)8-6-10)13-9-18-14-4-2-1-3-12(13)14/h1-9,15H. The van der Waals surface area contributed by atoms with Gasteiger partial charge in [-0.05, 0) is 40.1 Å². The zero-order valence-electron chi connectivity index (χ0n) is 9.44. The normalized spacial score (nSPS) is 12.8. The summed E-state index contributed by atoms with van der Waals surface area (Å²) in [7, 11) is 0. The third kappa shape index (κ3) is 2.08. The fourth-order valence-corrected chi connectivity index (χ4v) is 3.85. The number of alkyl halides is 1. The average Bonchev–Trinajstić information content (AvgIpc) is 2.82. The maximum absolute atomic E-state index is 12.9. The molecular weight excluding hydrogens is 311 g/mol. The molecule has 0 fully saturated rings. The molecule has 90 valence electrons. The Kier molecular flexibility index (Phi) is 3.18. The van der Waals surface area contributed by atoms with Gasteiger partial charge in [-0.25, -0.2) is 4.39 Å². The zero-order valence-corrected chi connectivity index (χ0v) is 11.8. The van der Waals surface area contributed by atoms with Crippen molar-refractivity contribution in [1.82, 2.24) is 0 Å². The van der Waals surface area contributed by atoms with Crippen LogP contribution in [-0.2, 0) is 0 Å². The number of hydrogen-bond acceptors (Lipinski definition) is 1. The van der Waals surface area contributed by atoms with Crippen molar-refractivity contribution in [3.63, 3.8) is 0 Å². The van der Waals surface area contributed by atoms with Gasteiger partial charge in [0.1, 0.15) is 5.82 Å². The average molecular weight is 321 g/mol. The van der Waals surface area contributed by atoms with Crippen LogP contribution >= 0.6 is 27.3 Å². The Labute approximate surface area is 117 Å². The van der Waals surface area contributed by atoms with Gasteiger partial charge >= 0.3 is 0 Å². The van der Waals surface area contributed by atoms with E-state index in [-0.39, 0.29) is 10.6 Å². The summed E-state index contributed by atoms with van der Waals surface area (Å²) >= 11 is 5.44. The topological polar surface area (TPSA) is 0 Å². The fraction of sp³-hybridized carbons (Fsp3) is 0.0667. The van der Waals surface area contributed by atoms with Crippen LogP contribution in [0.3, 0.4) is 0 Å². The Bertz CT molecular complexity index is 672. The second kappa shape index (κ2) is 4.82. The van der Waals surface area contributed by atoms with Crippen LogP contribution in [0.5, 0.6) is 0 Å². The van der Waals surface area contributed by atoms with Crippen LogP contribution in [0.2, 0.25) is 0 Å². The van der Waals surface area contributed by atoms with Gasteiger partial charge < -0.3 is 0 Å². The SMILES string of the molecule is Fc1ccc(C(Br)c2csc3ccccc23)cc1. The van der Waals surface area contributed by atoms with Crippen molar-refractivity contribution in [2.45, 2.75) is 4.83 Å². The van der Waals surface area contributed by atoms with E-state index in [0.29, 0.717) is 0 Å². The third-order valence-corrected chi connectivity index (χ3v) is 4.95. The molecule has 3 rings (SSSR count). The van der Waals surface area contributed by atoms with E-state index in [4.69, 9.17) is 0 Å². The maximum atomic E-state index is 12.9. The molecule has 0 aliphatic heterocycles. The minimum Gasteiger partial charge on any atom is -0.207 e. The molecule has 1 heterocycles. The molecule has 3 heteroatoms. The Morgan fingerprint density at radius 2 is 1.72 bits per heavy atom. The molecule has 0 saturated heterocycles. The van der Waals surface area contributed by atoms with E-state index in [2.05, 4.69) is 33.4 Å². The smallest absolute Gasteiger partial charge is 0.123 e. The summed E-state index contributed by atoms with van der Waals surface area (Å²) in [6.45, 7) is 0. The van der Waals surface area contributed by atoms with Crippen molar-refractivity contribution in [2.75, 3.05) is 0 Å². The Balaban J connectivity index is 2.06. The molecule has 18 heavy (non-hydrogen) atoms. The van der Waals surface area contributed by atoms with Crippen LogP contribution in [-0.4, -0.2) is 0 Å². The van der Waals surface area contributed by atoms with Crippen LogP contribution in [0.25, 0.3) is 10.1 Å². The zero-order chi connectivity index (χ0) is 12.5. The molecule has 0 N–H and O–H groups in total. The van der Waals surface area contributed by atoms with Crippen LogP contribution in [0.4, 0.5) is 4.39 Å². The largest absolute Gasteiger partial charge is 0.207 e. The van der Waals surface area contributed by atoms with E-state index in [1.165, 1.54) is 27.8 Å². The van der Waals surface area contributed by atoms with Gasteiger partial charge in [-0.15, -0.1) is 11.3 Å². The van der Waals surface area contributed by atoms with Gasteiger partial charge in [0.2, 0.25) is 0 Å². The highest BCUT2D eigenvalue weighted by Crippen LogP contribution is 2.38. The first-order chi connectivity index (χ1) is 8.75. The molecule has 3 aromatic rings. The molecule has 1 aromatic heterocycles. The summed E-state index contributed by atoms with van der Waals surface area (Å²) in [4.78, 5) is 0.106. The minimum atomic E-state index is -0.200. The fourth-order valence-electron chi connectivity index (χ4n) is 2.01. The summed E-state index contributed by atoms with van der Waals surface area (Å²) in [5, 5.41) is 3.42. The van der Waals surface area contributed by atoms with Gasteiger partial charge in [0, 0.05) is 4.70 Å². The van der Waals surface area contributed by atoms with Crippen molar-refractivity contribution in [3.8, 4) is 0 Å². The van der Waals surface area contributed by atoms with Crippen molar-refractivity contribution in [1.29, 1.82) is 0 Å². The molecule has 0 amide bonds.